The fraction of sp³-hybridized carbons (Fsp3) is 1.00. The van der Waals surface area contributed by atoms with Crippen molar-refractivity contribution in [1.82, 2.24) is 9.03 Å². The van der Waals surface area contributed by atoms with Gasteiger partial charge in [0.1, 0.15) is 0 Å². The van der Waals surface area contributed by atoms with Gasteiger partial charge >= 0.3 is 0 Å². The summed E-state index contributed by atoms with van der Waals surface area (Å²) in [5.74, 6) is 0.0744. The molecule has 0 spiro atoms. The predicted molar refractivity (Wildman–Crippen MR) is 63.2 cm³/mol. The van der Waals surface area contributed by atoms with Gasteiger partial charge in [0.25, 0.3) is 10.2 Å². The molecule has 16 heavy (non-hydrogen) atoms. The molecular formula is C10H22N2O3S. The maximum absolute atomic E-state index is 11.9. The summed E-state index contributed by atoms with van der Waals surface area (Å²) in [5.41, 5.74) is 0. The van der Waals surface area contributed by atoms with Crippen molar-refractivity contribution in [2.45, 2.75) is 39.2 Å². The largest absolute Gasteiger partial charge is 0.396 e. The molecular weight excluding hydrogens is 228 g/mol. The summed E-state index contributed by atoms with van der Waals surface area (Å²) in [6, 6.07) is -0.101. The maximum atomic E-state index is 11.9. The van der Waals surface area contributed by atoms with Crippen LogP contribution in [0.2, 0.25) is 0 Å². The van der Waals surface area contributed by atoms with E-state index >= 15 is 0 Å². The minimum Gasteiger partial charge on any atom is -0.396 e. The number of hydrogen-bond acceptors (Lipinski definition) is 3. The monoisotopic (exact) mass is 250 g/mol. The molecule has 0 saturated heterocycles. The molecule has 2 N–H and O–H groups in total. The van der Waals surface area contributed by atoms with Gasteiger partial charge in [0.2, 0.25) is 0 Å². The molecule has 0 bridgehead atoms. The first-order valence-electron chi connectivity index (χ1n) is 5.93. The summed E-state index contributed by atoms with van der Waals surface area (Å²) in [5, 5.41) is 9.14. The highest BCUT2D eigenvalue weighted by molar-refractivity contribution is 7.87. The van der Waals surface area contributed by atoms with E-state index in [0.29, 0.717) is 13.1 Å². The molecule has 6 heteroatoms. The van der Waals surface area contributed by atoms with Crippen molar-refractivity contribution < 1.29 is 13.5 Å². The van der Waals surface area contributed by atoms with Gasteiger partial charge in [0.15, 0.2) is 0 Å². The van der Waals surface area contributed by atoms with Crippen LogP contribution in [0.25, 0.3) is 0 Å². The fourth-order valence-electron chi connectivity index (χ4n) is 2.24. The van der Waals surface area contributed by atoms with E-state index in [1.807, 2.05) is 13.8 Å². The third-order valence-corrected chi connectivity index (χ3v) is 5.04. The van der Waals surface area contributed by atoms with Crippen LogP contribution in [0.1, 0.15) is 33.1 Å². The van der Waals surface area contributed by atoms with E-state index in [-0.39, 0.29) is 18.6 Å². The molecule has 0 aromatic heterocycles. The van der Waals surface area contributed by atoms with Crippen LogP contribution in [0.3, 0.4) is 0 Å². The topological polar surface area (TPSA) is 69.6 Å². The van der Waals surface area contributed by atoms with Gasteiger partial charge in [-0.25, -0.2) is 0 Å². The highest BCUT2D eigenvalue weighted by atomic mass is 32.2. The zero-order valence-electron chi connectivity index (χ0n) is 10.0. The lowest BCUT2D eigenvalue weighted by atomic mass is 10.1. The quantitative estimate of drug-likeness (QED) is 0.713. The van der Waals surface area contributed by atoms with Gasteiger partial charge in [-0.1, -0.05) is 20.3 Å². The molecule has 0 amide bonds. The third kappa shape index (κ3) is 3.16. The normalized spacial score (nSPS) is 26.5. The van der Waals surface area contributed by atoms with Gasteiger partial charge in [-0.05, 0) is 18.8 Å². The van der Waals surface area contributed by atoms with E-state index in [2.05, 4.69) is 4.72 Å². The number of nitrogens with one attached hydrogen (secondary N) is 1. The van der Waals surface area contributed by atoms with Gasteiger partial charge in [-0.15, -0.1) is 0 Å². The number of aliphatic hydroxyl groups excluding tert-OH is 1. The second-order valence-corrected chi connectivity index (χ2v) is 5.89. The van der Waals surface area contributed by atoms with Crippen LogP contribution in [0.5, 0.6) is 0 Å². The van der Waals surface area contributed by atoms with Gasteiger partial charge in [-0.3, -0.25) is 0 Å². The molecule has 0 aliphatic heterocycles. The van der Waals surface area contributed by atoms with Crippen molar-refractivity contribution >= 4 is 10.2 Å². The minimum atomic E-state index is -3.38. The van der Waals surface area contributed by atoms with Crippen LogP contribution in [0, 0.1) is 5.92 Å². The van der Waals surface area contributed by atoms with Crippen molar-refractivity contribution in [3.05, 3.63) is 0 Å². The van der Waals surface area contributed by atoms with Gasteiger partial charge in [-0.2, -0.15) is 17.4 Å². The Labute approximate surface area is 98.0 Å². The molecule has 0 aromatic carbocycles. The van der Waals surface area contributed by atoms with E-state index in [4.69, 9.17) is 5.11 Å². The molecule has 1 fully saturated rings. The third-order valence-electron chi connectivity index (χ3n) is 3.24. The summed E-state index contributed by atoms with van der Waals surface area (Å²) in [4.78, 5) is 0. The molecule has 1 saturated carbocycles. The molecule has 1 aliphatic rings. The first-order chi connectivity index (χ1) is 7.55. The molecule has 96 valence electrons. The van der Waals surface area contributed by atoms with Crippen LogP contribution in [-0.2, 0) is 10.2 Å². The molecule has 0 radical (unpaired) electrons. The Hall–Kier alpha value is -0.170. The molecule has 5 nitrogen and oxygen atoms in total. The van der Waals surface area contributed by atoms with Crippen LogP contribution in [0.4, 0.5) is 0 Å². The number of nitrogens with zero attached hydrogens (tertiary/aromatic N) is 1. The SMILES string of the molecule is CCN(CC)S(=O)(=O)NC1CCCC1CO. The van der Waals surface area contributed by atoms with Crippen LogP contribution in [0.15, 0.2) is 0 Å². The van der Waals surface area contributed by atoms with E-state index in [1.165, 1.54) is 4.31 Å². The minimum absolute atomic E-state index is 0.0609. The average molecular weight is 250 g/mol. The molecule has 0 heterocycles. The second kappa shape index (κ2) is 5.95. The first kappa shape index (κ1) is 13.9. The fourth-order valence-corrected chi connectivity index (χ4v) is 3.76. The Bertz CT molecular complexity index is 301. The van der Waals surface area contributed by atoms with Crippen LogP contribution in [-0.4, -0.2) is 43.6 Å². The number of rotatable bonds is 6. The molecule has 2 atom stereocenters. The molecule has 1 aliphatic carbocycles. The van der Waals surface area contributed by atoms with E-state index in [0.717, 1.165) is 19.3 Å². The van der Waals surface area contributed by atoms with E-state index in [9.17, 15) is 8.42 Å². The average Bonchev–Trinajstić information content (AvgIpc) is 2.65. The maximum Gasteiger partial charge on any atom is 0.279 e. The van der Waals surface area contributed by atoms with E-state index in [1.54, 1.807) is 0 Å². The summed E-state index contributed by atoms with van der Waals surface area (Å²) in [7, 11) is -3.38. The summed E-state index contributed by atoms with van der Waals surface area (Å²) >= 11 is 0. The Morgan fingerprint density at radius 3 is 2.44 bits per heavy atom. The summed E-state index contributed by atoms with van der Waals surface area (Å²) < 4.78 is 28.0. The van der Waals surface area contributed by atoms with Crippen molar-refractivity contribution in [3.8, 4) is 0 Å². The Morgan fingerprint density at radius 2 is 1.94 bits per heavy atom. The molecule has 1 rings (SSSR count). The first-order valence-corrected chi connectivity index (χ1v) is 7.37. The Balaban J connectivity index is 2.65. The molecule has 0 aromatic rings. The van der Waals surface area contributed by atoms with Crippen molar-refractivity contribution in [1.29, 1.82) is 0 Å². The van der Waals surface area contributed by atoms with E-state index < -0.39 is 10.2 Å². The lowest BCUT2D eigenvalue weighted by molar-refractivity contribution is 0.212. The standard InChI is InChI=1S/C10H22N2O3S/c1-3-12(4-2)16(14,15)11-10-7-5-6-9(10)8-13/h9-11,13H,3-8H2,1-2H3. The van der Waals surface area contributed by atoms with Crippen molar-refractivity contribution in [3.63, 3.8) is 0 Å². The van der Waals surface area contributed by atoms with Crippen LogP contribution < -0.4 is 4.72 Å². The number of aliphatic hydroxyl groups is 1. The Morgan fingerprint density at radius 1 is 1.31 bits per heavy atom. The van der Waals surface area contributed by atoms with Gasteiger partial charge < -0.3 is 5.11 Å². The Kier molecular flexibility index (Phi) is 5.17. The van der Waals surface area contributed by atoms with Gasteiger partial charge in [0, 0.05) is 25.7 Å². The highest BCUT2D eigenvalue weighted by Gasteiger charge is 2.31. The zero-order chi connectivity index (χ0) is 12.2. The predicted octanol–water partition coefficient (Wildman–Crippen LogP) is 0.324. The lowest BCUT2D eigenvalue weighted by Gasteiger charge is -2.24. The van der Waals surface area contributed by atoms with Gasteiger partial charge in [0.05, 0.1) is 0 Å². The summed E-state index contributed by atoms with van der Waals surface area (Å²) in [6.07, 6.45) is 2.71. The van der Waals surface area contributed by atoms with Crippen molar-refractivity contribution in [2.24, 2.45) is 5.92 Å². The van der Waals surface area contributed by atoms with Crippen molar-refractivity contribution in [2.75, 3.05) is 19.7 Å². The summed E-state index contributed by atoms with van der Waals surface area (Å²) in [6.45, 7) is 4.65. The highest BCUT2D eigenvalue weighted by Crippen LogP contribution is 2.25. The number of hydrogen-bond donors (Lipinski definition) is 2. The molecule has 2 unspecified atom stereocenters. The lowest BCUT2D eigenvalue weighted by Crippen LogP contribution is -2.46. The smallest absolute Gasteiger partial charge is 0.279 e. The zero-order valence-corrected chi connectivity index (χ0v) is 10.8. The van der Waals surface area contributed by atoms with Crippen LogP contribution >= 0.6 is 0 Å². The second-order valence-electron chi connectivity index (χ2n) is 4.19.